The van der Waals surface area contributed by atoms with E-state index < -0.39 is 15.0 Å². The third-order valence-electron chi connectivity index (χ3n) is 2.12. The minimum Gasteiger partial charge on any atom is -0.398 e. The minimum atomic E-state index is -4.37. The molecule has 1 aromatic carbocycles. The summed E-state index contributed by atoms with van der Waals surface area (Å²) >= 11 is 11.2. The van der Waals surface area contributed by atoms with Gasteiger partial charge in [-0.3, -0.25) is 4.55 Å². The Kier molecular flexibility index (Phi) is 3.95. The average Bonchev–Trinajstić information content (AvgIpc) is 2.25. The lowest BCUT2D eigenvalue weighted by atomic mass is 10.3. The molecule has 1 heterocycles. The molecule has 2 aromatic rings. The zero-order valence-electron chi connectivity index (χ0n) is 9.58. The van der Waals surface area contributed by atoms with Crippen LogP contribution in [-0.4, -0.2) is 27.9 Å². The van der Waals surface area contributed by atoms with Crippen LogP contribution in [-0.2, 0) is 10.1 Å². The summed E-state index contributed by atoms with van der Waals surface area (Å²) in [4.78, 5) is 10.7. The fraction of sp³-hybridized carbons (Fsp3) is 0. The number of nitrogen functional groups attached to an aromatic ring is 1. The molecule has 2 rings (SSSR count). The van der Waals surface area contributed by atoms with Gasteiger partial charge in [-0.1, -0.05) is 0 Å². The van der Waals surface area contributed by atoms with Crippen molar-refractivity contribution >= 4 is 50.6 Å². The van der Waals surface area contributed by atoms with E-state index in [1.807, 2.05) is 0 Å². The van der Waals surface area contributed by atoms with Crippen molar-refractivity contribution in [2.75, 3.05) is 11.1 Å². The quantitative estimate of drug-likeness (QED) is 0.571. The van der Waals surface area contributed by atoms with Gasteiger partial charge in [-0.05, 0) is 41.4 Å². The highest BCUT2D eigenvalue weighted by Gasteiger charge is 2.14. The van der Waals surface area contributed by atoms with Crippen molar-refractivity contribution in [3.8, 4) is 0 Å². The molecular formula is C9H7Cl2N5O3S. The second-order valence-corrected chi connectivity index (χ2v) is 5.62. The second-order valence-electron chi connectivity index (χ2n) is 3.55. The number of hydrogen-bond acceptors (Lipinski definition) is 7. The number of rotatable bonds is 3. The number of nitrogens with two attached hydrogens (primary N) is 1. The summed E-state index contributed by atoms with van der Waals surface area (Å²) in [5, 5.41) is 2.51. The van der Waals surface area contributed by atoms with Crippen molar-refractivity contribution in [2.24, 2.45) is 0 Å². The highest BCUT2D eigenvalue weighted by molar-refractivity contribution is 7.86. The number of aromatic nitrogens is 3. The van der Waals surface area contributed by atoms with Gasteiger partial charge in [-0.15, -0.1) is 0 Å². The van der Waals surface area contributed by atoms with Crippen LogP contribution in [0.4, 0.5) is 17.3 Å². The van der Waals surface area contributed by atoms with E-state index in [9.17, 15) is 8.42 Å². The number of nitrogens with zero attached hydrogens (tertiary/aromatic N) is 3. The largest absolute Gasteiger partial charge is 0.398 e. The monoisotopic (exact) mass is 335 g/mol. The van der Waals surface area contributed by atoms with Crippen molar-refractivity contribution in [3.63, 3.8) is 0 Å². The van der Waals surface area contributed by atoms with Crippen LogP contribution in [0.25, 0.3) is 0 Å². The first-order valence-electron chi connectivity index (χ1n) is 4.97. The Morgan fingerprint density at radius 2 is 1.75 bits per heavy atom. The van der Waals surface area contributed by atoms with Gasteiger partial charge >= 0.3 is 0 Å². The molecule has 8 nitrogen and oxygen atoms in total. The molecule has 0 fully saturated rings. The summed E-state index contributed by atoms with van der Waals surface area (Å²) in [5.74, 6) is 0.0639. The maximum absolute atomic E-state index is 11.0. The van der Waals surface area contributed by atoms with Crippen LogP contribution in [0.15, 0.2) is 23.1 Å². The molecule has 0 aliphatic heterocycles. The first-order chi connectivity index (χ1) is 9.25. The summed E-state index contributed by atoms with van der Waals surface area (Å²) in [6.07, 6.45) is 0. The van der Waals surface area contributed by atoms with Crippen LogP contribution in [0.1, 0.15) is 0 Å². The zero-order valence-corrected chi connectivity index (χ0v) is 11.9. The van der Waals surface area contributed by atoms with E-state index in [0.29, 0.717) is 5.69 Å². The second kappa shape index (κ2) is 5.37. The number of benzene rings is 1. The van der Waals surface area contributed by atoms with Crippen LogP contribution in [0, 0.1) is 0 Å². The average molecular weight is 336 g/mol. The fourth-order valence-electron chi connectivity index (χ4n) is 1.37. The molecule has 0 saturated carbocycles. The SMILES string of the molecule is Nc1cc(Nc2nc(Cl)nc(Cl)n2)ccc1S(=O)(=O)O. The van der Waals surface area contributed by atoms with Crippen LogP contribution in [0.3, 0.4) is 0 Å². The van der Waals surface area contributed by atoms with Crippen molar-refractivity contribution < 1.29 is 13.0 Å². The highest BCUT2D eigenvalue weighted by Crippen LogP contribution is 2.24. The summed E-state index contributed by atoms with van der Waals surface area (Å²) in [6, 6.07) is 3.79. The van der Waals surface area contributed by atoms with Gasteiger partial charge in [0.2, 0.25) is 16.5 Å². The van der Waals surface area contributed by atoms with Gasteiger partial charge in [-0.2, -0.15) is 23.4 Å². The molecule has 0 aliphatic carbocycles. The molecule has 0 unspecified atom stereocenters. The van der Waals surface area contributed by atoms with Crippen molar-refractivity contribution in [1.29, 1.82) is 0 Å². The number of halogens is 2. The smallest absolute Gasteiger partial charge is 0.296 e. The Labute approximate surface area is 123 Å². The first-order valence-corrected chi connectivity index (χ1v) is 7.16. The van der Waals surface area contributed by atoms with E-state index in [2.05, 4.69) is 20.3 Å². The predicted molar refractivity (Wildman–Crippen MR) is 73.8 cm³/mol. The third-order valence-corrected chi connectivity index (χ3v) is 3.39. The molecule has 106 valence electrons. The number of anilines is 3. The molecule has 0 atom stereocenters. The molecule has 0 radical (unpaired) electrons. The minimum absolute atomic E-state index is 0.0639. The Bertz CT molecular complexity index is 748. The maximum atomic E-state index is 11.0. The van der Waals surface area contributed by atoms with Crippen LogP contribution in [0.5, 0.6) is 0 Å². The van der Waals surface area contributed by atoms with E-state index in [4.69, 9.17) is 33.5 Å². The first kappa shape index (κ1) is 14.7. The third kappa shape index (κ3) is 3.45. The molecule has 4 N–H and O–H groups in total. The maximum Gasteiger partial charge on any atom is 0.296 e. The molecule has 0 saturated heterocycles. The molecule has 20 heavy (non-hydrogen) atoms. The van der Waals surface area contributed by atoms with E-state index in [1.54, 1.807) is 0 Å². The predicted octanol–water partition coefficient (Wildman–Crippen LogP) is 1.75. The van der Waals surface area contributed by atoms with Crippen LogP contribution >= 0.6 is 23.2 Å². The summed E-state index contributed by atoms with van der Waals surface area (Å²) in [5.41, 5.74) is 5.78. The topological polar surface area (TPSA) is 131 Å². The molecule has 0 spiro atoms. The van der Waals surface area contributed by atoms with Crippen molar-refractivity contribution in [3.05, 3.63) is 28.8 Å². The number of hydrogen-bond donors (Lipinski definition) is 3. The zero-order chi connectivity index (χ0) is 14.9. The Hall–Kier alpha value is -1.68. The van der Waals surface area contributed by atoms with Crippen molar-refractivity contribution in [2.45, 2.75) is 4.90 Å². The van der Waals surface area contributed by atoms with Gasteiger partial charge in [0.1, 0.15) is 4.90 Å². The molecule has 0 amide bonds. The van der Waals surface area contributed by atoms with Gasteiger partial charge in [0.25, 0.3) is 10.1 Å². The van der Waals surface area contributed by atoms with Crippen LogP contribution < -0.4 is 11.1 Å². The lowest BCUT2D eigenvalue weighted by Crippen LogP contribution is -2.04. The van der Waals surface area contributed by atoms with Gasteiger partial charge in [0.15, 0.2) is 0 Å². The Morgan fingerprint density at radius 1 is 1.15 bits per heavy atom. The Morgan fingerprint density at radius 3 is 2.25 bits per heavy atom. The molecule has 11 heteroatoms. The van der Waals surface area contributed by atoms with Gasteiger partial charge in [0.05, 0.1) is 5.69 Å². The highest BCUT2D eigenvalue weighted by atomic mass is 35.5. The van der Waals surface area contributed by atoms with Crippen molar-refractivity contribution in [1.82, 2.24) is 15.0 Å². The van der Waals surface area contributed by atoms with E-state index in [1.165, 1.54) is 12.1 Å². The molecule has 1 aromatic heterocycles. The van der Waals surface area contributed by atoms with Gasteiger partial charge < -0.3 is 11.1 Å². The Balaban J connectivity index is 2.33. The standard InChI is InChI=1S/C9H7Cl2N5O3S/c10-7-14-8(11)16-9(15-7)13-4-1-2-6(5(12)3-4)20(17,18)19/h1-3H,12H2,(H,17,18,19)(H,13,14,15,16). The van der Waals surface area contributed by atoms with Gasteiger partial charge in [-0.25, -0.2) is 0 Å². The van der Waals surface area contributed by atoms with Crippen LogP contribution in [0.2, 0.25) is 10.6 Å². The summed E-state index contributed by atoms with van der Waals surface area (Å²) in [7, 11) is -4.37. The molecule has 0 aliphatic rings. The lowest BCUT2D eigenvalue weighted by Gasteiger charge is -2.08. The molecular weight excluding hydrogens is 329 g/mol. The summed E-state index contributed by atoms with van der Waals surface area (Å²) < 4.78 is 30.9. The normalized spacial score (nSPS) is 11.3. The van der Waals surface area contributed by atoms with E-state index in [-0.39, 0.29) is 22.2 Å². The summed E-state index contributed by atoms with van der Waals surface area (Å²) in [6.45, 7) is 0. The van der Waals surface area contributed by atoms with Gasteiger partial charge in [0, 0.05) is 5.69 Å². The molecule has 0 bridgehead atoms. The van der Waals surface area contributed by atoms with E-state index >= 15 is 0 Å². The fourth-order valence-corrected chi connectivity index (χ4v) is 2.33. The lowest BCUT2D eigenvalue weighted by molar-refractivity contribution is 0.483. The number of nitrogens with one attached hydrogen (secondary N) is 1. The van der Waals surface area contributed by atoms with E-state index in [0.717, 1.165) is 6.07 Å².